The normalized spacial score (nSPS) is 10.6. The first-order valence-corrected chi connectivity index (χ1v) is 7.04. The molecule has 2 aromatic carbocycles. The zero-order valence-electron chi connectivity index (χ0n) is 13.3. The van der Waals surface area contributed by atoms with Gasteiger partial charge in [-0.1, -0.05) is 12.1 Å². The number of phenolic OH excluding ortho intramolecular Hbond substituents is 1. The Kier molecular flexibility index (Phi) is 5.19. The fourth-order valence-corrected chi connectivity index (χ4v) is 2.13. The molecule has 2 rings (SSSR count). The lowest BCUT2D eigenvalue weighted by atomic mass is 10.1. The molecule has 2 amide bonds. The number of methoxy groups -OCH3 is 1. The number of carbonyl (C=O) groups excluding carboxylic acids is 1. The molecule has 0 radical (unpaired) electrons. The minimum atomic E-state index is -0.474. The van der Waals surface area contributed by atoms with E-state index < -0.39 is 6.03 Å². The summed E-state index contributed by atoms with van der Waals surface area (Å²) in [6, 6.07) is 10.2. The summed E-state index contributed by atoms with van der Waals surface area (Å²) in [5.74, 6) is 0.834. The summed E-state index contributed by atoms with van der Waals surface area (Å²) < 4.78 is 5.15. The van der Waals surface area contributed by atoms with Gasteiger partial charge >= 0.3 is 6.03 Å². The molecule has 0 aliphatic heterocycles. The number of urea groups is 1. The van der Waals surface area contributed by atoms with E-state index in [4.69, 9.17) is 4.74 Å². The highest BCUT2D eigenvalue weighted by Crippen LogP contribution is 2.23. The number of anilines is 1. The van der Waals surface area contributed by atoms with Crippen molar-refractivity contribution in [3.63, 3.8) is 0 Å². The summed E-state index contributed by atoms with van der Waals surface area (Å²) in [5, 5.41) is 16.3. The molecule has 0 fully saturated rings. The van der Waals surface area contributed by atoms with E-state index in [1.54, 1.807) is 30.3 Å². The van der Waals surface area contributed by atoms with Gasteiger partial charge in [-0.05, 0) is 54.8 Å². The summed E-state index contributed by atoms with van der Waals surface area (Å²) in [4.78, 5) is 11.8. The van der Waals surface area contributed by atoms with Crippen molar-refractivity contribution in [3.05, 3.63) is 53.1 Å². The van der Waals surface area contributed by atoms with Gasteiger partial charge in [0.25, 0.3) is 0 Å². The van der Waals surface area contributed by atoms with Crippen LogP contribution in [0.3, 0.4) is 0 Å². The van der Waals surface area contributed by atoms with Crippen molar-refractivity contribution in [2.45, 2.75) is 13.8 Å². The molecule has 6 heteroatoms. The lowest BCUT2D eigenvalue weighted by molar-refractivity contribution is 0.252. The second kappa shape index (κ2) is 7.31. The largest absolute Gasteiger partial charge is 0.507 e. The SMILES string of the molecule is COc1ccccc1NC(=O)N/N=C/c1cc(C)c(O)c(C)c1. The first-order chi connectivity index (χ1) is 11.0. The second-order valence-electron chi connectivity index (χ2n) is 5.03. The average molecular weight is 313 g/mol. The predicted molar refractivity (Wildman–Crippen MR) is 90.3 cm³/mol. The number of ether oxygens (including phenoxy) is 1. The molecule has 23 heavy (non-hydrogen) atoms. The van der Waals surface area contributed by atoms with Crippen LogP contribution in [0.4, 0.5) is 10.5 Å². The van der Waals surface area contributed by atoms with Crippen LogP contribution in [0.25, 0.3) is 0 Å². The number of amides is 2. The van der Waals surface area contributed by atoms with Gasteiger partial charge in [0, 0.05) is 0 Å². The molecule has 2 aromatic rings. The number of phenols is 1. The average Bonchev–Trinajstić information content (AvgIpc) is 2.53. The van der Waals surface area contributed by atoms with Gasteiger partial charge in [-0.15, -0.1) is 0 Å². The van der Waals surface area contributed by atoms with Crippen LogP contribution in [0.15, 0.2) is 41.5 Å². The van der Waals surface area contributed by atoms with E-state index in [1.165, 1.54) is 13.3 Å². The van der Waals surface area contributed by atoms with Gasteiger partial charge in [-0.2, -0.15) is 5.10 Å². The van der Waals surface area contributed by atoms with Crippen molar-refractivity contribution in [2.24, 2.45) is 5.10 Å². The number of nitrogens with zero attached hydrogens (tertiary/aromatic N) is 1. The number of hydrogen-bond acceptors (Lipinski definition) is 4. The Morgan fingerprint density at radius 2 is 1.87 bits per heavy atom. The molecular formula is C17H19N3O3. The number of nitrogens with one attached hydrogen (secondary N) is 2. The van der Waals surface area contributed by atoms with Gasteiger partial charge in [0.05, 0.1) is 19.0 Å². The van der Waals surface area contributed by atoms with Crippen LogP contribution in [0.2, 0.25) is 0 Å². The van der Waals surface area contributed by atoms with E-state index in [-0.39, 0.29) is 5.75 Å². The van der Waals surface area contributed by atoms with E-state index in [2.05, 4.69) is 15.8 Å². The topological polar surface area (TPSA) is 83.0 Å². The number of hydrogen-bond donors (Lipinski definition) is 3. The number of hydrazone groups is 1. The zero-order chi connectivity index (χ0) is 16.8. The monoisotopic (exact) mass is 313 g/mol. The quantitative estimate of drug-likeness (QED) is 0.599. The fraction of sp³-hybridized carbons (Fsp3) is 0.176. The Bertz CT molecular complexity index is 719. The molecular weight excluding hydrogens is 294 g/mol. The van der Waals surface area contributed by atoms with E-state index in [0.29, 0.717) is 11.4 Å². The van der Waals surface area contributed by atoms with E-state index in [9.17, 15) is 9.90 Å². The van der Waals surface area contributed by atoms with Crippen molar-refractivity contribution < 1.29 is 14.6 Å². The third-order valence-electron chi connectivity index (χ3n) is 3.25. The van der Waals surface area contributed by atoms with Crippen LogP contribution in [-0.2, 0) is 0 Å². The molecule has 0 aromatic heterocycles. The third-order valence-corrected chi connectivity index (χ3v) is 3.25. The number of carbonyl (C=O) groups is 1. The molecule has 3 N–H and O–H groups in total. The van der Waals surface area contributed by atoms with Crippen molar-refractivity contribution in [1.29, 1.82) is 0 Å². The molecule has 0 atom stereocenters. The molecule has 6 nitrogen and oxygen atoms in total. The number of benzene rings is 2. The molecule has 0 saturated heterocycles. The standard InChI is InChI=1S/C17H19N3O3/c1-11-8-13(9-12(2)16(11)21)10-18-20-17(22)19-14-6-4-5-7-15(14)23-3/h4-10,21H,1-3H3,(H2,19,20,22)/b18-10+. The third kappa shape index (κ3) is 4.23. The van der Waals surface area contributed by atoms with Crippen LogP contribution in [0, 0.1) is 13.8 Å². The van der Waals surface area contributed by atoms with Gasteiger partial charge in [-0.3, -0.25) is 0 Å². The first-order valence-electron chi connectivity index (χ1n) is 7.04. The highest BCUT2D eigenvalue weighted by Gasteiger charge is 2.05. The Hall–Kier alpha value is -3.02. The second-order valence-corrected chi connectivity index (χ2v) is 5.03. The fourth-order valence-electron chi connectivity index (χ4n) is 2.13. The van der Waals surface area contributed by atoms with E-state index in [0.717, 1.165) is 16.7 Å². The van der Waals surface area contributed by atoms with Crippen molar-refractivity contribution in [2.75, 3.05) is 12.4 Å². The Labute approximate surface area is 134 Å². The lowest BCUT2D eigenvalue weighted by Gasteiger charge is -2.09. The smallest absolute Gasteiger partial charge is 0.339 e. The van der Waals surface area contributed by atoms with Crippen molar-refractivity contribution in [1.82, 2.24) is 5.43 Å². The molecule has 0 spiro atoms. The summed E-state index contributed by atoms with van der Waals surface area (Å²) >= 11 is 0. The van der Waals surface area contributed by atoms with E-state index in [1.807, 2.05) is 19.9 Å². The molecule has 0 bridgehead atoms. The minimum Gasteiger partial charge on any atom is -0.507 e. The molecule has 0 heterocycles. The Morgan fingerprint density at radius 1 is 1.22 bits per heavy atom. The van der Waals surface area contributed by atoms with Gasteiger partial charge in [-0.25, -0.2) is 10.2 Å². The molecule has 0 aliphatic carbocycles. The summed E-state index contributed by atoms with van der Waals surface area (Å²) in [6.45, 7) is 3.61. The van der Waals surface area contributed by atoms with Crippen molar-refractivity contribution in [3.8, 4) is 11.5 Å². The molecule has 0 aliphatic rings. The first kappa shape index (κ1) is 16.4. The van der Waals surface area contributed by atoms with Crippen LogP contribution in [-0.4, -0.2) is 24.5 Å². The van der Waals surface area contributed by atoms with Crippen LogP contribution in [0.1, 0.15) is 16.7 Å². The lowest BCUT2D eigenvalue weighted by Crippen LogP contribution is -2.24. The number of aryl methyl sites for hydroxylation is 2. The highest BCUT2D eigenvalue weighted by atomic mass is 16.5. The maximum absolute atomic E-state index is 11.8. The van der Waals surface area contributed by atoms with Gasteiger partial charge in [0.1, 0.15) is 11.5 Å². The van der Waals surface area contributed by atoms with Crippen LogP contribution in [0.5, 0.6) is 11.5 Å². The number of para-hydroxylation sites is 2. The zero-order valence-corrected chi connectivity index (χ0v) is 13.3. The summed E-state index contributed by atoms with van der Waals surface area (Å²) in [5.41, 5.74) is 5.24. The van der Waals surface area contributed by atoms with Crippen LogP contribution >= 0.6 is 0 Å². The highest BCUT2D eigenvalue weighted by molar-refractivity contribution is 5.91. The van der Waals surface area contributed by atoms with Gasteiger partial charge in [0.2, 0.25) is 0 Å². The Balaban J connectivity index is 1.99. The van der Waals surface area contributed by atoms with Gasteiger partial charge in [0.15, 0.2) is 0 Å². The minimum absolute atomic E-state index is 0.268. The molecule has 0 saturated carbocycles. The van der Waals surface area contributed by atoms with Crippen molar-refractivity contribution >= 4 is 17.9 Å². The Morgan fingerprint density at radius 3 is 2.52 bits per heavy atom. The number of rotatable bonds is 4. The molecule has 120 valence electrons. The predicted octanol–water partition coefficient (Wildman–Crippen LogP) is 3.17. The number of aromatic hydroxyl groups is 1. The maximum Gasteiger partial charge on any atom is 0.339 e. The van der Waals surface area contributed by atoms with E-state index >= 15 is 0 Å². The van der Waals surface area contributed by atoms with Gasteiger partial charge < -0.3 is 15.2 Å². The van der Waals surface area contributed by atoms with Crippen LogP contribution < -0.4 is 15.5 Å². The maximum atomic E-state index is 11.8. The summed E-state index contributed by atoms with van der Waals surface area (Å²) in [7, 11) is 1.53. The molecule has 0 unspecified atom stereocenters. The summed E-state index contributed by atoms with van der Waals surface area (Å²) in [6.07, 6.45) is 1.52.